The van der Waals surface area contributed by atoms with Crippen LogP contribution in [0.3, 0.4) is 0 Å². The highest BCUT2D eigenvalue weighted by Gasteiger charge is 2.23. The zero-order chi connectivity index (χ0) is 12.4. The van der Waals surface area contributed by atoms with Crippen molar-refractivity contribution in [2.45, 2.75) is 20.3 Å². The molecule has 17 heavy (non-hydrogen) atoms. The van der Waals surface area contributed by atoms with Gasteiger partial charge in [-0.25, -0.2) is 0 Å². The van der Waals surface area contributed by atoms with Gasteiger partial charge in [0, 0.05) is 25.8 Å². The van der Waals surface area contributed by atoms with Gasteiger partial charge in [0.05, 0.1) is 6.61 Å². The molecule has 90 valence electrons. The van der Waals surface area contributed by atoms with Gasteiger partial charge in [-0.3, -0.25) is 9.59 Å². The summed E-state index contributed by atoms with van der Waals surface area (Å²) in [5.74, 6) is -0.0892. The first-order valence-electron chi connectivity index (χ1n) is 5.23. The largest absolute Gasteiger partial charge is 0.489 e. The van der Waals surface area contributed by atoms with Crippen molar-refractivity contribution in [2.24, 2.45) is 0 Å². The van der Waals surface area contributed by atoms with E-state index in [0.29, 0.717) is 12.4 Å². The predicted octanol–water partition coefficient (Wildman–Crippen LogP) is 1.47. The lowest BCUT2D eigenvalue weighted by molar-refractivity contribution is -0.134. The smallest absolute Gasteiger partial charge is 0.308 e. The summed E-state index contributed by atoms with van der Waals surface area (Å²) in [5, 5.41) is 0. The van der Waals surface area contributed by atoms with Crippen LogP contribution < -0.4 is 14.2 Å². The van der Waals surface area contributed by atoms with Gasteiger partial charge >= 0.3 is 11.9 Å². The number of carbonyl (C=O) groups is 2. The van der Waals surface area contributed by atoms with Gasteiger partial charge in [-0.1, -0.05) is 6.07 Å². The van der Waals surface area contributed by atoms with Crippen LogP contribution in [0.25, 0.3) is 0 Å². The Morgan fingerprint density at radius 3 is 2.53 bits per heavy atom. The Bertz CT molecular complexity index is 478. The van der Waals surface area contributed by atoms with Gasteiger partial charge in [-0.15, -0.1) is 0 Å². The monoisotopic (exact) mass is 236 g/mol. The van der Waals surface area contributed by atoms with E-state index in [0.717, 1.165) is 12.0 Å². The molecule has 0 saturated heterocycles. The Hall–Kier alpha value is -2.04. The average Bonchev–Trinajstić information content (AvgIpc) is 2.68. The number of fused-ring (bicyclic) bond motifs is 1. The second kappa shape index (κ2) is 4.45. The first-order chi connectivity index (χ1) is 8.08. The summed E-state index contributed by atoms with van der Waals surface area (Å²) in [6.07, 6.45) is 0.754. The highest BCUT2D eigenvalue weighted by molar-refractivity contribution is 5.76. The van der Waals surface area contributed by atoms with E-state index in [1.165, 1.54) is 13.8 Å². The summed E-state index contributed by atoms with van der Waals surface area (Å²) in [7, 11) is 0. The molecule has 0 amide bonds. The van der Waals surface area contributed by atoms with Crippen molar-refractivity contribution in [3.63, 3.8) is 0 Å². The number of ether oxygens (including phenoxy) is 3. The molecule has 5 nitrogen and oxygen atoms in total. The molecule has 0 bridgehead atoms. The van der Waals surface area contributed by atoms with Gasteiger partial charge in [-0.05, 0) is 6.07 Å². The molecule has 2 rings (SSSR count). The van der Waals surface area contributed by atoms with Crippen LogP contribution in [0.1, 0.15) is 19.4 Å². The fourth-order valence-electron chi connectivity index (χ4n) is 1.68. The summed E-state index contributed by atoms with van der Waals surface area (Å²) in [5.41, 5.74) is 0.942. The van der Waals surface area contributed by atoms with E-state index in [1.807, 2.05) is 0 Å². The quantitative estimate of drug-likeness (QED) is 0.574. The highest BCUT2D eigenvalue weighted by Crippen LogP contribution is 2.43. The van der Waals surface area contributed by atoms with Gasteiger partial charge in [0.1, 0.15) is 0 Å². The number of carbonyl (C=O) groups excluding carboxylic acids is 2. The van der Waals surface area contributed by atoms with Crippen LogP contribution in [0.15, 0.2) is 12.1 Å². The van der Waals surface area contributed by atoms with Crippen LogP contribution in [-0.2, 0) is 16.0 Å². The SMILES string of the molecule is CC(=O)Oc1ccc2c(c1OC(C)=O)OCC2. The molecule has 1 aromatic rings. The van der Waals surface area contributed by atoms with Crippen molar-refractivity contribution in [3.05, 3.63) is 17.7 Å². The molecule has 1 aliphatic rings. The summed E-state index contributed by atoms with van der Waals surface area (Å²) < 4.78 is 15.4. The molecular formula is C12H12O5. The lowest BCUT2D eigenvalue weighted by Gasteiger charge is -2.11. The summed E-state index contributed by atoms with van der Waals surface area (Å²) >= 11 is 0. The van der Waals surface area contributed by atoms with Crippen LogP contribution in [-0.4, -0.2) is 18.5 Å². The number of hydrogen-bond acceptors (Lipinski definition) is 5. The predicted molar refractivity (Wildman–Crippen MR) is 58.3 cm³/mol. The van der Waals surface area contributed by atoms with Crippen LogP contribution in [0, 0.1) is 0 Å². The zero-order valence-electron chi connectivity index (χ0n) is 9.61. The van der Waals surface area contributed by atoms with Crippen LogP contribution >= 0.6 is 0 Å². The standard InChI is InChI=1S/C12H12O5/c1-7(13)16-10-4-3-9-5-6-15-11(9)12(10)17-8(2)14/h3-4H,5-6H2,1-2H3. The molecule has 0 N–H and O–H groups in total. The lowest BCUT2D eigenvalue weighted by Crippen LogP contribution is -2.08. The Labute approximate surface area is 98.3 Å². The molecular weight excluding hydrogens is 224 g/mol. The van der Waals surface area contributed by atoms with Crippen LogP contribution in [0.5, 0.6) is 17.2 Å². The van der Waals surface area contributed by atoms with Crippen molar-refractivity contribution >= 4 is 11.9 Å². The molecule has 0 fully saturated rings. The molecule has 0 aromatic heterocycles. The summed E-state index contributed by atoms with van der Waals surface area (Å²) in [4.78, 5) is 22.0. The maximum Gasteiger partial charge on any atom is 0.308 e. The van der Waals surface area contributed by atoms with E-state index in [-0.39, 0.29) is 11.5 Å². The second-order valence-corrected chi connectivity index (χ2v) is 3.67. The Balaban J connectivity index is 2.44. The average molecular weight is 236 g/mol. The molecule has 0 aliphatic carbocycles. The van der Waals surface area contributed by atoms with Gasteiger partial charge in [-0.2, -0.15) is 0 Å². The van der Waals surface area contributed by atoms with E-state index in [1.54, 1.807) is 12.1 Å². The Kier molecular flexibility index (Phi) is 2.99. The molecule has 1 aromatic carbocycles. The highest BCUT2D eigenvalue weighted by atomic mass is 16.6. The van der Waals surface area contributed by atoms with E-state index in [2.05, 4.69) is 0 Å². The van der Waals surface area contributed by atoms with Crippen molar-refractivity contribution < 1.29 is 23.8 Å². The van der Waals surface area contributed by atoms with Crippen LogP contribution in [0.2, 0.25) is 0 Å². The van der Waals surface area contributed by atoms with Crippen molar-refractivity contribution in [1.29, 1.82) is 0 Å². The third-order valence-electron chi connectivity index (χ3n) is 2.27. The summed E-state index contributed by atoms with van der Waals surface area (Å²) in [6.45, 7) is 3.10. The second-order valence-electron chi connectivity index (χ2n) is 3.67. The molecule has 1 heterocycles. The molecule has 0 atom stereocenters. The zero-order valence-corrected chi connectivity index (χ0v) is 9.61. The third kappa shape index (κ3) is 2.38. The van der Waals surface area contributed by atoms with Gasteiger partial charge in [0.2, 0.25) is 5.75 Å². The topological polar surface area (TPSA) is 61.8 Å². The molecule has 0 unspecified atom stereocenters. The number of esters is 2. The van der Waals surface area contributed by atoms with Gasteiger partial charge < -0.3 is 14.2 Å². The number of benzene rings is 1. The fourth-order valence-corrected chi connectivity index (χ4v) is 1.68. The molecule has 0 radical (unpaired) electrons. The Morgan fingerprint density at radius 2 is 1.88 bits per heavy atom. The molecule has 1 aliphatic heterocycles. The minimum absolute atomic E-state index is 0.183. The summed E-state index contributed by atoms with van der Waals surface area (Å²) in [6, 6.07) is 3.40. The van der Waals surface area contributed by atoms with Crippen molar-refractivity contribution in [3.8, 4) is 17.2 Å². The van der Waals surface area contributed by atoms with Gasteiger partial charge in [0.15, 0.2) is 11.5 Å². The van der Waals surface area contributed by atoms with Crippen molar-refractivity contribution in [1.82, 2.24) is 0 Å². The number of hydrogen-bond donors (Lipinski definition) is 0. The fraction of sp³-hybridized carbons (Fsp3) is 0.333. The van der Waals surface area contributed by atoms with E-state index < -0.39 is 11.9 Å². The Morgan fingerprint density at radius 1 is 1.18 bits per heavy atom. The van der Waals surface area contributed by atoms with Crippen molar-refractivity contribution in [2.75, 3.05) is 6.61 Å². The minimum atomic E-state index is -0.484. The van der Waals surface area contributed by atoms with E-state index >= 15 is 0 Å². The first-order valence-corrected chi connectivity index (χ1v) is 5.23. The first kappa shape index (κ1) is 11.4. The third-order valence-corrected chi connectivity index (χ3v) is 2.27. The number of rotatable bonds is 2. The molecule has 0 spiro atoms. The van der Waals surface area contributed by atoms with E-state index in [4.69, 9.17) is 14.2 Å². The minimum Gasteiger partial charge on any atom is -0.489 e. The van der Waals surface area contributed by atoms with Gasteiger partial charge in [0.25, 0.3) is 0 Å². The van der Waals surface area contributed by atoms with E-state index in [9.17, 15) is 9.59 Å². The lowest BCUT2D eigenvalue weighted by atomic mass is 10.1. The molecule has 5 heteroatoms. The normalized spacial score (nSPS) is 12.6. The maximum absolute atomic E-state index is 11.0. The maximum atomic E-state index is 11.0. The van der Waals surface area contributed by atoms with Crippen LogP contribution in [0.4, 0.5) is 0 Å². The molecule has 0 saturated carbocycles.